The number of aryl methyl sites for hydroxylation is 1. The van der Waals surface area contributed by atoms with Crippen LogP contribution in [0.4, 0.5) is 4.39 Å². The summed E-state index contributed by atoms with van der Waals surface area (Å²) in [5.74, 6) is -2.09. The van der Waals surface area contributed by atoms with Crippen LogP contribution in [0.5, 0.6) is 0 Å². The highest BCUT2D eigenvalue weighted by molar-refractivity contribution is 5.96. The number of carbonyl (C=O) groups excluding carboxylic acids is 1. The molecule has 154 valence electrons. The van der Waals surface area contributed by atoms with Crippen LogP contribution < -0.4 is 10.8 Å². The Morgan fingerprint density at radius 1 is 1.46 bits per heavy atom. The number of hydrogen-bond donors (Lipinski definition) is 3. The molecule has 0 unspecified atom stereocenters. The number of amides is 1. The number of likely N-dealkylation sites (N-methyl/N-ethyl adjacent to an activating group) is 1. The minimum Gasteiger partial charge on any atom is -0.355 e. The van der Waals surface area contributed by atoms with Crippen molar-refractivity contribution in [3.8, 4) is 0 Å². The summed E-state index contributed by atoms with van der Waals surface area (Å²) in [6.07, 6.45) is 1.84. The van der Waals surface area contributed by atoms with Crippen LogP contribution in [0.25, 0.3) is 0 Å². The quantitative estimate of drug-likeness (QED) is 0.282. The number of quaternary nitrogens is 1. The van der Waals surface area contributed by atoms with Crippen molar-refractivity contribution in [3.63, 3.8) is 0 Å². The standard InChI is InChI=1S/C20H30FN5O2/c1-14-8-6-7-9-16(14)20(10-11-20)18(23-4)25-28-17(22)19(3,21)24-12-13-26(5)15(2)27/h6-9,22,24H,10-13H2,1-5H3,(H,23,25)/p+1/t19-/m0/s1. The summed E-state index contributed by atoms with van der Waals surface area (Å²) in [5.41, 5.74) is 4.79. The third-order valence-corrected chi connectivity index (χ3v) is 5.31. The molecular formula is C20H31FN5O2+. The van der Waals surface area contributed by atoms with E-state index in [1.165, 1.54) is 29.6 Å². The highest BCUT2D eigenvalue weighted by Crippen LogP contribution is 2.50. The maximum absolute atomic E-state index is 14.8. The molecule has 1 aromatic carbocycles. The van der Waals surface area contributed by atoms with Crippen LogP contribution >= 0.6 is 0 Å². The van der Waals surface area contributed by atoms with Crippen LogP contribution in [0.1, 0.15) is 37.8 Å². The van der Waals surface area contributed by atoms with E-state index in [1.807, 2.05) is 12.1 Å². The summed E-state index contributed by atoms with van der Waals surface area (Å²) in [5, 5.41) is 9.32. The molecule has 8 heteroatoms. The molecule has 0 bridgehead atoms. The van der Waals surface area contributed by atoms with E-state index >= 15 is 0 Å². The van der Waals surface area contributed by atoms with Gasteiger partial charge in [-0.25, -0.2) is 5.48 Å². The SMILES string of the molecule is CN=C(NOC(=N)[C@@](C)(F)[NH2+]CCN(C)C(C)=O)C1(c2ccccc2C)CC1. The molecule has 0 saturated heterocycles. The van der Waals surface area contributed by atoms with Crippen molar-refractivity contribution >= 4 is 17.6 Å². The molecule has 1 saturated carbocycles. The number of nitrogens with one attached hydrogen (secondary N) is 2. The molecule has 2 rings (SSSR count). The lowest BCUT2D eigenvalue weighted by molar-refractivity contribution is -0.732. The predicted octanol–water partition coefficient (Wildman–Crippen LogP) is 1.28. The number of nitrogens with zero attached hydrogens (tertiary/aromatic N) is 2. The van der Waals surface area contributed by atoms with Gasteiger partial charge in [-0.1, -0.05) is 24.3 Å². The second-order valence-corrected chi connectivity index (χ2v) is 7.51. The van der Waals surface area contributed by atoms with Crippen LogP contribution in [-0.2, 0) is 15.0 Å². The zero-order valence-corrected chi connectivity index (χ0v) is 17.3. The van der Waals surface area contributed by atoms with Gasteiger partial charge >= 0.3 is 11.7 Å². The number of rotatable bonds is 7. The molecule has 1 aliphatic carbocycles. The summed E-state index contributed by atoms with van der Waals surface area (Å²) in [6.45, 7) is 5.47. The Hall–Kier alpha value is -2.48. The first-order chi connectivity index (χ1) is 13.1. The Bertz CT molecular complexity index is 759. The van der Waals surface area contributed by atoms with Gasteiger partial charge in [-0.15, -0.1) is 0 Å². The van der Waals surface area contributed by atoms with Crippen LogP contribution in [0, 0.1) is 12.3 Å². The first-order valence-electron chi connectivity index (χ1n) is 9.44. The number of aliphatic imine (C=N–C) groups is 1. The van der Waals surface area contributed by atoms with Crippen molar-refractivity contribution in [2.75, 3.05) is 27.2 Å². The highest BCUT2D eigenvalue weighted by Gasteiger charge is 2.50. The summed E-state index contributed by atoms with van der Waals surface area (Å²) >= 11 is 0. The van der Waals surface area contributed by atoms with Crippen molar-refractivity contribution in [1.82, 2.24) is 10.4 Å². The largest absolute Gasteiger partial charge is 0.355 e. The lowest BCUT2D eigenvalue weighted by Crippen LogP contribution is -2.97. The third-order valence-electron chi connectivity index (χ3n) is 5.31. The number of benzene rings is 1. The summed E-state index contributed by atoms with van der Waals surface area (Å²) in [4.78, 5) is 22.3. The Kier molecular flexibility index (Phi) is 6.77. The van der Waals surface area contributed by atoms with Gasteiger partial charge in [-0.3, -0.25) is 15.2 Å². The summed E-state index contributed by atoms with van der Waals surface area (Å²) in [7, 11) is 3.31. The third kappa shape index (κ3) is 4.86. The molecule has 1 aromatic rings. The molecule has 0 heterocycles. The van der Waals surface area contributed by atoms with Crippen LogP contribution in [0.15, 0.2) is 29.3 Å². The molecule has 1 amide bonds. The topological polar surface area (TPSA) is 94.4 Å². The van der Waals surface area contributed by atoms with Gasteiger partial charge in [0.2, 0.25) is 5.91 Å². The molecule has 0 radical (unpaired) electrons. The summed E-state index contributed by atoms with van der Waals surface area (Å²) in [6, 6.07) is 8.10. The van der Waals surface area contributed by atoms with E-state index in [9.17, 15) is 9.18 Å². The lowest BCUT2D eigenvalue weighted by atomic mass is 9.91. The fourth-order valence-corrected chi connectivity index (χ4v) is 3.20. The number of amidine groups is 1. The zero-order chi connectivity index (χ0) is 20.9. The average Bonchev–Trinajstić information content (AvgIpc) is 3.43. The summed E-state index contributed by atoms with van der Waals surface area (Å²) < 4.78 is 14.8. The van der Waals surface area contributed by atoms with Gasteiger partial charge in [-0.2, -0.15) is 4.39 Å². The highest BCUT2D eigenvalue weighted by atomic mass is 19.1. The zero-order valence-electron chi connectivity index (χ0n) is 17.3. The van der Waals surface area contributed by atoms with Crippen molar-refractivity contribution in [3.05, 3.63) is 35.4 Å². The Morgan fingerprint density at radius 3 is 2.64 bits per heavy atom. The van der Waals surface area contributed by atoms with E-state index in [1.54, 1.807) is 14.1 Å². The van der Waals surface area contributed by atoms with Crippen molar-refractivity contribution in [1.29, 1.82) is 5.41 Å². The van der Waals surface area contributed by atoms with Crippen LogP contribution in [-0.4, -0.2) is 55.5 Å². The second-order valence-electron chi connectivity index (χ2n) is 7.51. The van der Waals surface area contributed by atoms with E-state index in [0.717, 1.165) is 18.4 Å². The Labute approximate surface area is 165 Å². The molecule has 4 N–H and O–H groups in total. The Morgan fingerprint density at radius 2 is 2.11 bits per heavy atom. The van der Waals surface area contributed by atoms with Crippen LogP contribution in [0.3, 0.4) is 0 Å². The molecule has 0 aromatic heterocycles. The minimum absolute atomic E-state index is 0.0864. The van der Waals surface area contributed by atoms with Crippen molar-refractivity contribution in [2.24, 2.45) is 4.99 Å². The lowest BCUT2D eigenvalue weighted by Gasteiger charge is -2.24. The van der Waals surface area contributed by atoms with Gasteiger partial charge < -0.3 is 15.1 Å². The van der Waals surface area contributed by atoms with Gasteiger partial charge in [0.05, 0.1) is 18.5 Å². The second kappa shape index (κ2) is 8.68. The van der Waals surface area contributed by atoms with Gasteiger partial charge in [0.1, 0.15) is 5.84 Å². The molecule has 1 aliphatic rings. The minimum atomic E-state index is -2.05. The monoisotopic (exact) mass is 392 g/mol. The molecule has 7 nitrogen and oxygen atoms in total. The number of carbonyl (C=O) groups is 1. The number of nitrogens with two attached hydrogens (primary N) is 1. The average molecular weight is 392 g/mol. The van der Waals surface area contributed by atoms with E-state index in [-0.39, 0.29) is 11.3 Å². The smallest absolute Gasteiger partial charge is 0.314 e. The number of hydrogen-bond acceptors (Lipinski definition) is 4. The van der Waals surface area contributed by atoms with E-state index in [2.05, 4.69) is 29.5 Å². The van der Waals surface area contributed by atoms with Gasteiger partial charge in [-0.05, 0) is 30.9 Å². The number of halogens is 1. The van der Waals surface area contributed by atoms with E-state index in [0.29, 0.717) is 18.9 Å². The van der Waals surface area contributed by atoms with E-state index in [4.69, 9.17) is 10.2 Å². The van der Waals surface area contributed by atoms with Crippen molar-refractivity contribution in [2.45, 2.75) is 44.8 Å². The maximum atomic E-state index is 14.8. The molecule has 1 atom stereocenters. The van der Waals surface area contributed by atoms with Gasteiger partial charge in [0, 0.05) is 27.9 Å². The number of hydroxylamine groups is 1. The maximum Gasteiger partial charge on any atom is 0.314 e. The fourth-order valence-electron chi connectivity index (χ4n) is 3.20. The van der Waals surface area contributed by atoms with E-state index < -0.39 is 11.7 Å². The Balaban J connectivity index is 1.95. The molecule has 1 fully saturated rings. The molecular weight excluding hydrogens is 361 g/mol. The van der Waals surface area contributed by atoms with Crippen molar-refractivity contribution < 1.29 is 19.3 Å². The molecule has 0 aliphatic heterocycles. The molecule has 0 spiro atoms. The number of alkyl halides is 1. The normalized spacial score (nSPS) is 17.4. The first kappa shape index (κ1) is 21.8. The fraction of sp³-hybridized carbons (Fsp3) is 0.550. The van der Waals surface area contributed by atoms with Gasteiger partial charge in [0.25, 0.3) is 0 Å². The first-order valence-corrected chi connectivity index (χ1v) is 9.44. The van der Waals surface area contributed by atoms with Gasteiger partial charge in [0.15, 0.2) is 0 Å². The molecule has 28 heavy (non-hydrogen) atoms. The van der Waals surface area contributed by atoms with Crippen LogP contribution in [0.2, 0.25) is 0 Å². The predicted molar refractivity (Wildman–Crippen MR) is 107 cm³/mol.